The fraction of sp³-hybridized carbons (Fsp3) is 0.421. The van der Waals surface area contributed by atoms with Gasteiger partial charge in [-0.1, -0.05) is 29.8 Å². The molecule has 1 aliphatic rings. The lowest BCUT2D eigenvalue weighted by atomic mass is 9.94. The van der Waals surface area contributed by atoms with Gasteiger partial charge in [-0.2, -0.15) is 0 Å². The molecule has 3 N–H and O–H groups in total. The molecule has 1 atom stereocenters. The van der Waals surface area contributed by atoms with Crippen LogP contribution in [0.3, 0.4) is 0 Å². The maximum atomic E-state index is 12.7. The number of piperidine rings is 1. The number of nitrogens with two attached hydrogens (primary N) is 1. The van der Waals surface area contributed by atoms with Crippen LogP contribution in [0, 0.1) is 12.8 Å². The van der Waals surface area contributed by atoms with Gasteiger partial charge in [-0.15, -0.1) is 0 Å². The van der Waals surface area contributed by atoms with E-state index in [0.29, 0.717) is 31.4 Å². The quantitative estimate of drug-likeness (QED) is 0.890. The van der Waals surface area contributed by atoms with Crippen molar-refractivity contribution in [3.8, 4) is 11.4 Å². The van der Waals surface area contributed by atoms with Crippen molar-refractivity contribution in [1.82, 2.24) is 14.9 Å². The Morgan fingerprint density at radius 1 is 1.36 bits per heavy atom. The van der Waals surface area contributed by atoms with Crippen LogP contribution in [-0.2, 0) is 0 Å². The Morgan fingerprint density at radius 3 is 2.80 bits per heavy atom. The number of benzene rings is 1. The van der Waals surface area contributed by atoms with Gasteiger partial charge in [0.2, 0.25) is 0 Å². The maximum Gasteiger partial charge on any atom is 0.264 e. The van der Waals surface area contributed by atoms with E-state index >= 15 is 0 Å². The highest BCUT2D eigenvalue weighted by atomic mass is 16.2. The number of aryl methyl sites for hydroxylation is 1. The molecular formula is C19H24N4O2. The van der Waals surface area contributed by atoms with E-state index in [-0.39, 0.29) is 11.5 Å². The topological polar surface area (TPSA) is 92.1 Å². The van der Waals surface area contributed by atoms with Crippen LogP contribution in [0.4, 0.5) is 0 Å². The number of carbonyl (C=O) groups excluding carboxylic acids is 1. The van der Waals surface area contributed by atoms with Crippen LogP contribution >= 0.6 is 0 Å². The van der Waals surface area contributed by atoms with E-state index < -0.39 is 5.56 Å². The number of carbonyl (C=O) groups is 1. The van der Waals surface area contributed by atoms with E-state index in [2.05, 4.69) is 9.97 Å². The maximum absolute atomic E-state index is 12.7. The summed E-state index contributed by atoms with van der Waals surface area (Å²) < 4.78 is 0. The van der Waals surface area contributed by atoms with Crippen LogP contribution in [0.5, 0.6) is 0 Å². The summed E-state index contributed by atoms with van der Waals surface area (Å²) in [4.78, 5) is 33.9. The van der Waals surface area contributed by atoms with Gasteiger partial charge < -0.3 is 15.6 Å². The molecule has 1 aliphatic heterocycles. The molecule has 2 aromatic rings. The second-order valence-electron chi connectivity index (χ2n) is 6.68. The molecule has 0 bridgehead atoms. The third kappa shape index (κ3) is 3.96. The van der Waals surface area contributed by atoms with Crippen LogP contribution in [0.1, 0.15) is 35.2 Å². The third-order valence-electron chi connectivity index (χ3n) is 4.74. The number of aromatic amines is 1. The molecule has 2 heterocycles. The number of H-pyrrole nitrogens is 1. The minimum atomic E-state index is -0.392. The summed E-state index contributed by atoms with van der Waals surface area (Å²) in [5.41, 5.74) is 7.29. The largest absolute Gasteiger partial charge is 0.338 e. The van der Waals surface area contributed by atoms with Gasteiger partial charge in [0.25, 0.3) is 11.5 Å². The van der Waals surface area contributed by atoms with Gasteiger partial charge in [-0.25, -0.2) is 4.98 Å². The summed E-state index contributed by atoms with van der Waals surface area (Å²) in [5, 5.41) is 0. The van der Waals surface area contributed by atoms with Gasteiger partial charge in [0.1, 0.15) is 11.4 Å². The number of amides is 1. The van der Waals surface area contributed by atoms with E-state index in [1.54, 1.807) is 4.90 Å². The normalized spacial score (nSPS) is 17.5. The van der Waals surface area contributed by atoms with Crippen LogP contribution in [0.15, 0.2) is 35.3 Å². The highest BCUT2D eigenvalue weighted by Gasteiger charge is 2.26. The average molecular weight is 340 g/mol. The summed E-state index contributed by atoms with van der Waals surface area (Å²) >= 11 is 0. The molecule has 1 aromatic heterocycles. The first-order valence-electron chi connectivity index (χ1n) is 8.74. The van der Waals surface area contributed by atoms with Gasteiger partial charge >= 0.3 is 0 Å². The molecule has 3 rings (SSSR count). The number of rotatable bonds is 4. The SMILES string of the molecule is Cc1ccc(-c2ncc(C(=O)N3CCC[C@H](CCN)C3)c(=O)[nH]2)cc1. The van der Waals surface area contributed by atoms with Crippen LogP contribution in [0.2, 0.25) is 0 Å². The Labute approximate surface area is 147 Å². The number of likely N-dealkylation sites (tertiary alicyclic amines) is 1. The fourth-order valence-corrected chi connectivity index (χ4v) is 3.30. The van der Waals surface area contributed by atoms with Crippen molar-refractivity contribution in [2.24, 2.45) is 11.7 Å². The van der Waals surface area contributed by atoms with Crippen molar-refractivity contribution in [2.75, 3.05) is 19.6 Å². The highest BCUT2D eigenvalue weighted by molar-refractivity contribution is 5.93. The predicted octanol–water partition coefficient (Wildman–Crippen LogP) is 1.95. The number of hydrogen-bond acceptors (Lipinski definition) is 4. The minimum Gasteiger partial charge on any atom is -0.338 e. The standard InChI is InChI=1S/C19H24N4O2/c1-13-4-6-15(7-5-13)17-21-11-16(18(24)22-17)19(25)23-10-2-3-14(12-23)8-9-20/h4-7,11,14H,2-3,8-10,12,20H2,1H3,(H,21,22,24)/t14-/m1/s1. The molecule has 1 aromatic carbocycles. The molecule has 1 fully saturated rings. The zero-order chi connectivity index (χ0) is 17.8. The fourth-order valence-electron chi connectivity index (χ4n) is 3.30. The number of hydrogen-bond donors (Lipinski definition) is 2. The van der Waals surface area contributed by atoms with E-state index in [0.717, 1.165) is 30.4 Å². The van der Waals surface area contributed by atoms with Crippen LogP contribution < -0.4 is 11.3 Å². The lowest BCUT2D eigenvalue weighted by Crippen LogP contribution is -2.42. The number of nitrogens with zero attached hydrogens (tertiary/aromatic N) is 2. The highest BCUT2D eigenvalue weighted by Crippen LogP contribution is 2.20. The van der Waals surface area contributed by atoms with Gasteiger partial charge in [0.15, 0.2) is 0 Å². The van der Waals surface area contributed by atoms with Crippen molar-refractivity contribution in [1.29, 1.82) is 0 Å². The second-order valence-corrected chi connectivity index (χ2v) is 6.68. The lowest BCUT2D eigenvalue weighted by Gasteiger charge is -2.32. The van der Waals surface area contributed by atoms with E-state index in [4.69, 9.17) is 5.73 Å². The molecule has 0 aliphatic carbocycles. The van der Waals surface area contributed by atoms with Gasteiger partial charge in [0, 0.05) is 24.8 Å². The number of aromatic nitrogens is 2. The predicted molar refractivity (Wildman–Crippen MR) is 97.3 cm³/mol. The van der Waals surface area contributed by atoms with E-state index in [1.165, 1.54) is 6.20 Å². The zero-order valence-corrected chi connectivity index (χ0v) is 14.5. The molecule has 0 spiro atoms. The summed E-state index contributed by atoms with van der Waals surface area (Å²) in [6.07, 6.45) is 4.33. The molecule has 0 saturated carbocycles. The molecule has 132 valence electrons. The molecule has 1 amide bonds. The van der Waals surface area contributed by atoms with Gasteiger partial charge in [-0.3, -0.25) is 9.59 Å². The molecule has 1 saturated heterocycles. The van der Waals surface area contributed by atoms with Crippen molar-refractivity contribution in [2.45, 2.75) is 26.2 Å². The molecule has 0 radical (unpaired) electrons. The molecule has 25 heavy (non-hydrogen) atoms. The van der Waals surface area contributed by atoms with Gasteiger partial charge in [0.05, 0.1) is 0 Å². The van der Waals surface area contributed by atoms with Crippen molar-refractivity contribution >= 4 is 5.91 Å². The molecule has 0 unspecified atom stereocenters. The van der Waals surface area contributed by atoms with E-state index in [9.17, 15) is 9.59 Å². The Bertz CT molecular complexity index is 796. The Morgan fingerprint density at radius 2 is 2.12 bits per heavy atom. The van der Waals surface area contributed by atoms with Crippen molar-refractivity contribution in [3.05, 3.63) is 51.9 Å². The third-order valence-corrected chi connectivity index (χ3v) is 4.74. The summed E-state index contributed by atoms with van der Waals surface area (Å²) in [6.45, 7) is 3.96. The first-order chi connectivity index (χ1) is 12.1. The van der Waals surface area contributed by atoms with Gasteiger partial charge in [-0.05, 0) is 38.6 Å². The van der Waals surface area contributed by atoms with Crippen LogP contribution in [0.25, 0.3) is 11.4 Å². The summed E-state index contributed by atoms with van der Waals surface area (Å²) in [5.74, 6) is 0.647. The summed E-state index contributed by atoms with van der Waals surface area (Å²) in [6, 6.07) is 7.72. The smallest absolute Gasteiger partial charge is 0.264 e. The van der Waals surface area contributed by atoms with Crippen LogP contribution in [-0.4, -0.2) is 40.4 Å². The van der Waals surface area contributed by atoms with Crippen molar-refractivity contribution in [3.63, 3.8) is 0 Å². The first kappa shape index (κ1) is 17.4. The molecule has 6 heteroatoms. The Kier molecular flexibility index (Phi) is 5.28. The lowest BCUT2D eigenvalue weighted by molar-refractivity contribution is 0.0667. The Hall–Kier alpha value is -2.47. The number of nitrogens with one attached hydrogen (secondary N) is 1. The second kappa shape index (κ2) is 7.61. The zero-order valence-electron chi connectivity index (χ0n) is 14.5. The average Bonchev–Trinajstić information content (AvgIpc) is 2.62. The minimum absolute atomic E-state index is 0.101. The molecule has 6 nitrogen and oxygen atoms in total. The molecular weight excluding hydrogens is 316 g/mol. The first-order valence-corrected chi connectivity index (χ1v) is 8.74. The summed E-state index contributed by atoms with van der Waals surface area (Å²) in [7, 11) is 0. The monoisotopic (exact) mass is 340 g/mol. The van der Waals surface area contributed by atoms with E-state index in [1.807, 2.05) is 31.2 Å². The Balaban J connectivity index is 1.79. The van der Waals surface area contributed by atoms with Crippen molar-refractivity contribution < 1.29 is 4.79 Å².